The Morgan fingerprint density at radius 2 is 1.90 bits per heavy atom. The number of carbonyl (C=O) groups excluding carboxylic acids is 1. The van der Waals surface area contributed by atoms with Gasteiger partial charge in [-0.05, 0) is 30.0 Å². The normalized spacial score (nSPS) is 24.4. The van der Waals surface area contributed by atoms with Crippen molar-refractivity contribution in [1.82, 2.24) is 10.2 Å². The number of aliphatic hydroxyl groups is 3. The third-order valence-corrected chi connectivity index (χ3v) is 5.20. The van der Waals surface area contributed by atoms with Crippen molar-refractivity contribution in [2.75, 3.05) is 13.2 Å². The van der Waals surface area contributed by atoms with Crippen LogP contribution in [0.5, 0.6) is 5.88 Å². The van der Waals surface area contributed by atoms with E-state index in [1.807, 2.05) is 38.1 Å². The summed E-state index contributed by atoms with van der Waals surface area (Å²) < 4.78 is 11.1. The van der Waals surface area contributed by atoms with Crippen molar-refractivity contribution in [3.63, 3.8) is 0 Å². The largest absolute Gasteiger partial charge is 0.439 e. The molecule has 4 unspecified atom stereocenters. The van der Waals surface area contributed by atoms with Crippen LogP contribution < -0.4 is 10.5 Å². The zero-order valence-corrected chi connectivity index (χ0v) is 17.1. The number of aliphatic hydroxyl groups excluding tert-OH is 3. The van der Waals surface area contributed by atoms with Gasteiger partial charge in [-0.2, -0.15) is 0 Å². The Bertz CT molecular complexity index is 851. The van der Waals surface area contributed by atoms with Crippen LogP contribution in [0.1, 0.15) is 42.1 Å². The van der Waals surface area contributed by atoms with Crippen LogP contribution >= 0.6 is 0 Å². The first-order valence-electron chi connectivity index (χ1n) is 10.0. The highest BCUT2D eigenvalue weighted by molar-refractivity contribution is 5.87. The number of carbonyl (C=O) groups is 1. The fraction of sp³-hybridized carbons (Fsp3) is 0.524. The SMILES string of the molecule is CC(C)c1[nH]nc(OC2OC(CO)C(O)C(O)C2=O)c1Cc1ccc(CCN)cc1. The van der Waals surface area contributed by atoms with E-state index >= 15 is 0 Å². The zero-order valence-electron chi connectivity index (χ0n) is 17.1. The summed E-state index contributed by atoms with van der Waals surface area (Å²) >= 11 is 0. The van der Waals surface area contributed by atoms with Crippen molar-refractivity contribution in [2.24, 2.45) is 5.73 Å². The maximum Gasteiger partial charge on any atom is 0.265 e. The third-order valence-electron chi connectivity index (χ3n) is 5.20. The molecular formula is C21H29N3O6. The molecular weight excluding hydrogens is 390 g/mol. The summed E-state index contributed by atoms with van der Waals surface area (Å²) in [5, 5.41) is 36.3. The van der Waals surface area contributed by atoms with Crippen LogP contribution in [0, 0.1) is 0 Å². The van der Waals surface area contributed by atoms with Crippen LogP contribution in [0.15, 0.2) is 24.3 Å². The van der Waals surface area contributed by atoms with Gasteiger partial charge in [0.1, 0.15) is 18.3 Å². The highest BCUT2D eigenvalue weighted by Crippen LogP contribution is 2.30. The van der Waals surface area contributed by atoms with Gasteiger partial charge < -0.3 is 30.5 Å². The van der Waals surface area contributed by atoms with Crippen LogP contribution in [-0.4, -0.2) is 69.1 Å². The lowest BCUT2D eigenvalue weighted by atomic mass is 9.98. The maximum atomic E-state index is 12.3. The number of aromatic nitrogens is 2. The molecule has 1 fully saturated rings. The topological polar surface area (TPSA) is 151 Å². The number of hydrogen-bond acceptors (Lipinski definition) is 8. The summed E-state index contributed by atoms with van der Waals surface area (Å²) in [5.74, 6) is -0.510. The minimum Gasteiger partial charge on any atom is -0.439 e. The number of H-pyrrole nitrogens is 1. The minimum atomic E-state index is -1.71. The Balaban J connectivity index is 1.84. The summed E-state index contributed by atoms with van der Waals surface area (Å²) in [4.78, 5) is 12.3. The number of aromatic amines is 1. The minimum absolute atomic E-state index is 0.127. The predicted octanol–water partition coefficient (Wildman–Crippen LogP) is 0.0120. The molecule has 9 heteroatoms. The summed E-state index contributed by atoms with van der Waals surface area (Å²) in [6.45, 7) is 4.04. The van der Waals surface area contributed by atoms with Crippen molar-refractivity contribution in [2.45, 2.75) is 57.2 Å². The van der Waals surface area contributed by atoms with Crippen LogP contribution in [0.2, 0.25) is 0 Å². The van der Waals surface area contributed by atoms with E-state index in [1.54, 1.807) is 0 Å². The van der Waals surface area contributed by atoms with E-state index < -0.39 is 37.0 Å². The van der Waals surface area contributed by atoms with E-state index in [-0.39, 0.29) is 11.8 Å². The quantitative estimate of drug-likeness (QED) is 0.401. The zero-order chi connectivity index (χ0) is 21.8. The Hall–Kier alpha value is -2.30. The molecule has 1 aliphatic rings. The van der Waals surface area contributed by atoms with Crippen LogP contribution in [0.3, 0.4) is 0 Å². The second kappa shape index (κ2) is 9.67. The van der Waals surface area contributed by atoms with Crippen molar-refractivity contribution >= 4 is 5.78 Å². The number of ether oxygens (including phenoxy) is 2. The van der Waals surface area contributed by atoms with Crippen molar-refractivity contribution in [3.8, 4) is 5.88 Å². The number of benzene rings is 1. The van der Waals surface area contributed by atoms with Gasteiger partial charge in [-0.25, -0.2) is 0 Å². The summed E-state index contributed by atoms with van der Waals surface area (Å²) in [6, 6.07) is 8.07. The fourth-order valence-corrected chi connectivity index (χ4v) is 3.46. The first-order valence-corrected chi connectivity index (χ1v) is 10.0. The lowest BCUT2D eigenvalue weighted by Gasteiger charge is -2.34. The smallest absolute Gasteiger partial charge is 0.265 e. The molecule has 0 amide bonds. The molecule has 0 bridgehead atoms. The van der Waals surface area contributed by atoms with E-state index in [4.69, 9.17) is 15.2 Å². The lowest BCUT2D eigenvalue weighted by Crippen LogP contribution is -2.57. The van der Waals surface area contributed by atoms with Gasteiger partial charge in [0.25, 0.3) is 6.29 Å². The van der Waals surface area contributed by atoms with Gasteiger partial charge in [-0.1, -0.05) is 38.1 Å². The molecule has 2 aromatic rings. The summed E-state index contributed by atoms with van der Waals surface area (Å²) in [7, 11) is 0. The molecule has 1 aliphatic heterocycles. The van der Waals surface area contributed by atoms with Crippen LogP contribution in [-0.2, 0) is 22.4 Å². The Kier molecular flexibility index (Phi) is 7.22. The van der Waals surface area contributed by atoms with Gasteiger partial charge in [0.15, 0.2) is 0 Å². The van der Waals surface area contributed by atoms with Gasteiger partial charge in [0.05, 0.1) is 6.61 Å². The first kappa shape index (κ1) is 22.4. The van der Waals surface area contributed by atoms with Gasteiger partial charge in [-0.3, -0.25) is 9.89 Å². The van der Waals surface area contributed by atoms with Crippen molar-refractivity contribution in [3.05, 3.63) is 46.6 Å². The molecule has 30 heavy (non-hydrogen) atoms. The third kappa shape index (κ3) is 4.71. The molecule has 2 heterocycles. The molecule has 1 saturated heterocycles. The predicted molar refractivity (Wildman–Crippen MR) is 108 cm³/mol. The van der Waals surface area contributed by atoms with E-state index in [0.29, 0.717) is 13.0 Å². The maximum absolute atomic E-state index is 12.3. The molecule has 4 atom stereocenters. The number of nitrogens with one attached hydrogen (secondary N) is 1. The van der Waals surface area contributed by atoms with Gasteiger partial charge in [0.2, 0.25) is 11.7 Å². The number of rotatable bonds is 8. The molecule has 164 valence electrons. The van der Waals surface area contributed by atoms with E-state index in [1.165, 1.54) is 0 Å². The number of nitrogens with zero attached hydrogens (tertiary/aromatic N) is 1. The molecule has 0 spiro atoms. The van der Waals surface area contributed by atoms with E-state index in [0.717, 1.165) is 28.8 Å². The molecule has 1 aromatic heterocycles. The standard InChI is InChI=1S/C21H29N3O6/c1-11(2)16-14(9-13-5-3-12(4-6-13)7-8-22)20(24-23-16)30-21-19(28)18(27)17(26)15(10-25)29-21/h3-6,11,15,17-18,21,25-27H,7-10,22H2,1-2H3,(H,23,24). The van der Waals surface area contributed by atoms with Gasteiger partial charge in [-0.15, -0.1) is 5.10 Å². The molecule has 3 rings (SSSR count). The second-order valence-corrected chi connectivity index (χ2v) is 7.75. The number of ketones is 1. The lowest BCUT2D eigenvalue weighted by molar-refractivity contribution is -0.220. The molecule has 9 nitrogen and oxygen atoms in total. The monoisotopic (exact) mass is 419 g/mol. The van der Waals surface area contributed by atoms with Gasteiger partial charge >= 0.3 is 0 Å². The number of hydrogen-bond donors (Lipinski definition) is 5. The summed E-state index contributed by atoms with van der Waals surface area (Å²) in [6.07, 6.45) is -4.52. The molecule has 0 radical (unpaired) electrons. The average Bonchev–Trinajstić information content (AvgIpc) is 3.12. The fourth-order valence-electron chi connectivity index (χ4n) is 3.46. The highest BCUT2D eigenvalue weighted by atomic mass is 16.7. The van der Waals surface area contributed by atoms with Crippen molar-refractivity contribution in [1.29, 1.82) is 0 Å². The second-order valence-electron chi connectivity index (χ2n) is 7.75. The van der Waals surface area contributed by atoms with Crippen LogP contribution in [0.25, 0.3) is 0 Å². The molecule has 0 saturated carbocycles. The van der Waals surface area contributed by atoms with Crippen molar-refractivity contribution < 1.29 is 29.6 Å². The number of nitrogens with two attached hydrogens (primary N) is 1. The number of Topliss-reactive ketones (excluding diaryl/α,β-unsaturated/α-hetero) is 1. The van der Waals surface area contributed by atoms with Gasteiger partial charge in [0, 0.05) is 17.7 Å². The van der Waals surface area contributed by atoms with E-state index in [2.05, 4.69) is 10.2 Å². The Morgan fingerprint density at radius 3 is 2.50 bits per heavy atom. The Morgan fingerprint density at radius 1 is 1.23 bits per heavy atom. The molecule has 0 aliphatic carbocycles. The summed E-state index contributed by atoms with van der Waals surface area (Å²) in [5.41, 5.74) is 9.42. The average molecular weight is 419 g/mol. The molecule has 6 N–H and O–H groups in total. The highest BCUT2D eigenvalue weighted by Gasteiger charge is 2.45. The first-order chi connectivity index (χ1) is 14.3. The van der Waals surface area contributed by atoms with E-state index in [9.17, 15) is 20.1 Å². The molecule has 1 aromatic carbocycles. The van der Waals surface area contributed by atoms with Crippen LogP contribution in [0.4, 0.5) is 0 Å². The Labute approximate surface area is 174 Å².